The molecule has 1 heterocycles. The first-order valence-corrected chi connectivity index (χ1v) is 6.91. The van der Waals surface area contributed by atoms with Crippen LogP contribution in [-0.2, 0) is 16.1 Å². The maximum atomic E-state index is 11.8. The van der Waals surface area contributed by atoms with Gasteiger partial charge in [0.15, 0.2) is 0 Å². The molecule has 0 atom stereocenters. The number of ether oxygens (including phenoxy) is 1. The van der Waals surface area contributed by atoms with Crippen molar-refractivity contribution >= 4 is 17.3 Å². The Bertz CT molecular complexity index is 579. The van der Waals surface area contributed by atoms with Crippen LogP contribution in [0.4, 0.5) is 11.4 Å². The average molecular weight is 288 g/mol. The molecule has 1 aromatic carbocycles. The molecule has 0 bridgehead atoms. The second-order valence-corrected chi connectivity index (χ2v) is 4.86. The molecule has 0 saturated carbocycles. The van der Waals surface area contributed by atoms with E-state index in [-0.39, 0.29) is 5.91 Å². The zero-order valence-corrected chi connectivity index (χ0v) is 12.1. The van der Waals surface area contributed by atoms with Crippen LogP contribution in [0.15, 0.2) is 41.0 Å². The van der Waals surface area contributed by atoms with Crippen LogP contribution < -0.4 is 11.1 Å². The van der Waals surface area contributed by atoms with Crippen LogP contribution in [0.2, 0.25) is 0 Å². The number of amides is 1. The molecule has 0 fully saturated rings. The van der Waals surface area contributed by atoms with Gasteiger partial charge in [0.1, 0.15) is 12.4 Å². The van der Waals surface area contributed by atoms with Gasteiger partial charge in [-0.25, -0.2) is 0 Å². The maximum Gasteiger partial charge on any atom is 0.224 e. The lowest BCUT2D eigenvalue weighted by atomic mass is 10.1. The summed E-state index contributed by atoms with van der Waals surface area (Å²) >= 11 is 0. The van der Waals surface area contributed by atoms with Gasteiger partial charge in [0.05, 0.1) is 6.26 Å². The number of nitrogens with one attached hydrogen (secondary N) is 1. The summed E-state index contributed by atoms with van der Waals surface area (Å²) in [6.45, 7) is 2.87. The first-order chi connectivity index (χ1) is 10.1. The third-order valence-electron chi connectivity index (χ3n) is 3.04. The minimum absolute atomic E-state index is 0.0236. The standard InChI is InChI=1S/C16H20N2O3/c1-12-10-13(17)6-7-15(12)18-16(19)5-3-8-20-11-14-4-2-9-21-14/h2,4,6-7,9-10H,3,5,8,11,17H2,1H3,(H,18,19). The minimum Gasteiger partial charge on any atom is -0.467 e. The quantitative estimate of drug-likeness (QED) is 0.606. The van der Waals surface area contributed by atoms with E-state index in [4.69, 9.17) is 14.9 Å². The van der Waals surface area contributed by atoms with Gasteiger partial charge >= 0.3 is 0 Å². The smallest absolute Gasteiger partial charge is 0.224 e. The van der Waals surface area contributed by atoms with Crippen molar-refractivity contribution < 1.29 is 13.9 Å². The van der Waals surface area contributed by atoms with E-state index in [1.165, 1.54) is 0 Å². The fourth-order valence-corrected chi connectivity index (χ4v) is 1.94. The predicted molar refractivity (Wildman–Crippen MR) is 81.8 cm³/mol. The molecule has 0 unspecified atom stereocenters. The zero-order valence-electron chi connectivity index (χ0n) is 12.1. The molecule has 1 aromatic heterocycles. The van der Waals surface area contributed by atoms with Crippen LogP contribution in [0.1, 0.15) is 24.2 Å². The van der Waals surface area contributed by atoms with Gasteiger partial charge in [-0.2, -0.15) is 0 Å². The third kappa shape index (κ3) is 4.96. The van der Waals surface area contributed by atoms with Gasteiger partial charge in [-0.05, 0) is 49.2 Å². The maximum absolute atomic E-state index is 11.8. The van der Waals surface area contributed by atoms with E-state index in [2.05, 4.69) is 5.32 Å². The van der Waals surface area contributed by atoms with Gasteiger partial charge in [0.2, 0.25) is 5.91 Å². The lowest BCUT2D eigenvalue weighted by Crippen LogP contribution is -2.13. The van der Waals surface area contributed by atoms with E-state index in [9.17, 15) is 4.79 Å². The van der Waals surface area contributed by atoms with Crippen LogP contribution in [0, 0.1) is 6.92 Å². The Balaban J connectivity index is 1.65. The van der Waals surface area contributed by atoms with Crippen molar-refractivity contribution in [2.45, 2.75) is 26.4 Å². The average Bonchev–Trinajstić information content (AvgIpc) is 2.95. The highest BCUT2D eigenvalue weighted by Gasteiger charge is 2.05. The van der Waals surface area contributed by atoms with Gasteiger partial charge in [-0.3, -0.25) is 4.79 Å². The number of nitrogen functional groups attached to an aromatic ring is 1. The first-order valence-electron chi connectivity index (χ1n) is 6.91. The number of nitrogens with two attached hydrogens (primary N) is 1. The number of aryl methyl sites for hydroxylation is 1. The molecule has 0 aliphatic carbocycles. The second-order valence-electron chi connectivity index (χ2n) is 4.86. The fraction of sp³-hybridized carbons (Fsp3) is 0.312. The number of rotatable bonds is 7. The van der Waals surface area contributed by atoms with Crippen LogP contribution in [0.25, 0.3) is 0 Å². The molecule has 0 saturated heterocycles. The predicted octanol–water partition coefficient (Wildman–Crippen LogP) is 3.11. The van der Waals surface area contributed by atoms with Gasteiger partial charge in [0, 0.05) is 24.4 Å². The molecule has 0 spiro atoms. The largest absolute Gasteiger partial charge is 0.467 e. The molecule has 2 rings (SSSR count). The Morgan fingerprint density at radius 1 is 1.38 bits per heavy atom. The van der Waals surface area contributed by atoms with Crippen molar-refractivity contribution in [1.82, 2.24) is 0 Å². The summed E-state index contributed by atoms with van der Waals surface area (Å²) in [5, 5.41) is 2.87. The molecule has 1 amide bonds. The van der Waals surface area contributed by atoms with Crippen molar-refractivity contribution in [3.05, 3.63) is 47.9 Å². The molecule has 0 aliphatic rings. The van der Waals surface area contributed by atoms with E-state index in [1.807, 2.05) is 31.2 Å². The molecule has 5 heteroatoms. The highest BCUT2D eigenvalue weighted by atomic mass is 16.5. The Labute approximate surface area is 124 Å². The topological polar surface area (TPSA) is 77.5 Å². The van der Waals surface area contributed by atoms with E-state index >= 15 is 0 Å². The third-order valence-corrected chi connectivity index (χ3v) is 3.04. The number of carbonyl (C=O) groups excluding carboxylic acids is 1. The van der Waals surface area contributed by atoms with Crippen molar-refractivity contribution in [3.63, 3.8) is 0 Å². The highest BCUT2D eigenvalue weighted by Crippen LogP contribution is 2.17. The van der Waals surface area contributed by atoms with E-state index in [0.717, 1.165) is 17.0 Å². The minimum atomic E-state index is -0.0236. The summed E-state index contributed by atoms with van der Waals surface area (Å²) in [7, 11) is 0. The summed E-state index contributed by atoms with van der Waals surface area (Å²) in [6.07, 6.45) is 2.70. The van der Waals surface area contributed by atoms with Crippen LogP contribution >= 0.6 is 0 Å². The summed E-state index contributed by atoms with van der Waals surface area (Å²) < 4.78 is 10.6. The molecule has 21 heavy (non-hydrogen) atoms. The van der Waals surface area contributed by atoms with Crippen LogP contribution in [-0.4, -0.2) is 12.5 Å². The zero-order chi connectivity index (χ0) is 15.1. The normalized spacial score (nSPS) is 10.5. The fourth-order valence-electron chi connectivity index (χ4n) is 1.94. The van der Waals surface area contributed by atoms with Gasteiger partial charge in [-0.15, -0.1) is 0 Å². The molecule has 3 N–H and O–H groups in total. The molecule has 5 nitrogen and oxygen atoms in total. The lowest BCUT2D eigenvalue weighted by Gasteiger charge is -2.09. The highest BCUT2D eigenvalue weighted by molar-refractivity contribution is 5.91. The van der Waals surface area contributed by atoms with Gasteiger partial charge in [-0.1, -0.05) is 0 Å². The molecular formula is C16H20N2O3. The van der Waals surface area contributed by atoms with E-state index < -0.39 is 0 Å². The summed E-state index contributed by atoms with van der Waals surface area (Å²) in [5.74, 6) is 0.765. The van der Waals surface area contributed by atoms with Crippen molar-refractivity contribution in [2.75, 3.05) is 17.7 Å². The van der Waals surface area contributed by atoms with Crippen LogP contribution in [0.3, 0.4) is 0 Å². The summed E-state index contributed by atoms with van der Waals surface area (Å²) in [6, 6.07) is 9.10. The molecule has 112 valence electrons. The second kappa shape index (κ2) is 7.50. The summed E-state index contributed by atoms with van der Waals surface area (Å²) in [5.41, 5.74) is 8.12. The van der Waals surface area contributed by atoms with Crippen molar-refractivity contribution in [2.24, 2.45) is 0 Å². The Kier molecular flexibility index (Phi) is 5.40. The first kappa shape index (κ1) is 15.1. The molecular weight excluding hydrogens is 268 g/mol. The number of benzene rings is 1. The number of hydrogen-bond acceptors (Lipinski definition) is 4. The Morgan fingerprint density at radius 3 is 2.95 bits per heavy atom. The van der Waals surface area contributed by atoms with Crippen LogP contribution in [0.5, 0.6) is 0 Å². The Hall–Kier alpha value is -2.27. The molecule has 2 aromatic rings. The van der Waals surface area contributed by atoms with Gasteiger partial charge in [0.25, 0.3) is 0 Å². The van der Waals surface area contributed by atoms with Gasteiger partial charge < -0.3 is 20.2 Å². The monoisotopic (exact) mass is 288 g/mol. The molecule has 0 aliphatic heterocycles. The SMILES string of the molecule is Cc1cc(N)ccc1NC(=O)CCCOCc1ccco1. The van der Waals surface area contributed by atoms with E-state index in [0.29, 0.717) is 31.7 Å². The number of hydrogen-bond donors (Lipinski definition) is 2. The van der Waals surface area contributed by atoms with E-state index in [1.54, 1.807) is 12.3 Å². The number of carbonyl (C=O) groups is 1. The molecule has 0 radical (unpaired) electrons. The lowest BCUT2D eigenvalue weighted by molar-refractivity contribution is -0.116. The number of furan rings is 1. The van der Waals surface area contributed by atoms with Crippen molar-refractivity contribution in [1.29, 1.82) is 0 Å². The summed E-state index contributed by atoms with van der Waals surface area (Å²) in [4.78, 5) is 11.8. The van der Waals surface area contributed by atoms with Crippen molar-refractivity contribution in [3.8, 4) is 0 Å². The Morgan fingerprint density at radius 2 is 2.24 bits per heavy atom. The number of anilines is 2.